The van der Waals surface area contributed by atoms with Crippen LogP contribution in [0.5, 0.6) is 11.5 Å². The first-order valence-electron chi connectivity index (χ1n) is 6.54. The molecule has 1 aliphatic heterocycles. The van der Waals surface area contributed by atoms with Crippen molar-refractivity contribution in [3.8, 4) is 11.5 Å². The number of para-hydroxylation sites is 2. The molecule has 0 bridgehead atoms. The second kappa shape index (κ2) is 5.62. The maximum absolute atomic E-state index is 10.9. The summed E-state index contributed by atoms with van der Waals surface area (Å²) in [6.45, 7) is 1.63. The fraction of sp³-hybridized carbons (Fsp3) is 0.133. The number of nitro groups is 1. The molecule has 0 unspecified atom stereocenters. The lowest BCUT2D eigenvalue weighted by Gasteiger charge is -2.07. The van der Waals surface area contributed by atoms with Gasteiger partial charge in [0.15, 0.2) is 0 Å². The fourth-order valence-electron chi connectivity index (χ4n) is 2.09. The van der Waals surface area contributed by atoms with E-state index < -0.39 is 4.92 Å². The van der Waals surface area contributed by atoms with E-state index in [1.165, 1.54) is 6.07 Å². The third kappa shape index (κ3) is 2.84. The van der Waals surface area contributed by atoms with Crippen LogP contribution in [0.15, 0.2) is 53.5 Å². The Labute approximate surface area is 121 Å². The number of nitrogens with one attached hydrogen (secondary N) is 1. The van der Waals surface area contributed by atoms with Gasteiger partial charge < -0.3 is 10.1 Å². The van der Waals surface area contributed by atoms with E-state index in [0.717, 1.165) is 24.5 Å². The van der Waals surface area contributed by atoms with Crippen LogP contribution in [0.2, 0.25) is 0 Å². The summed E-state index contributed by atoms with van der Waals surface area (Å²) in [5.41, 5.74) is 0.922. The van der Waals surface area contributed by atoms with Crippen LogP contribution in [0.1, 0.15) is 5.56 Å². The van der Waals surface area contributed by atoms with Crippen molar-refractivity contribution < 1.29 is 9.66 Å². The lowest BCUT2D eigenvalue weighted by Crippen LogP contribution is -2.19. The molecule has 0 saturated carbocycles. The van der Waals surface area contributed by atoms with Gasteiger partial charge in [-0.25, -0.2) is 0 Å². The highest BCUT2D eigenvalue weighted by Gasteiger charge is 2.14. The van der Waals surface area contributed by atoms with E-state index in [4.69, 9.17) is 4.74 Å². The molecule has 2 aromatic carbocycles. The minimum Gasteiger partial charge on any atom is -0.450 e. The number of aliphatic imine (C=N–C) groups is 1. The average Bonchev–Trinajstić information content (AvgIpc) is 3.03. The zero-order valence-electron chi connectivity index (χ0n) is 11.2. The molecule has 0 saturated heterocycles. The fourth-order valence-corrected chi connectivity index (χ4v) is 2.09. The first-order valence-corrected chi connectivity index (χ1v) is 6.54. The monoisotopic (exact) mass is 283 g/mol. The quantitative estimate of drug-likeness (QED) is 0.691. The minimum absolute atomic E-state index is 0.0524. The summed E-state index contributed by atoms with van der Waals surface area (Å²) >= 11 is 0. The summed E-state index contributed by atoms with van der Waals surface area (Å²) in [6, 6.07) is 13.6. The van der Waals surface area contributed by atoms with Gasteiger partial charge in [0.05, 0.1) is 11.5 Å². The summed E-state index contributed by atoms with van der Waals surface area (Å²) in [5.74, 6) is 1.64. The summed E-state index contributed by atoms with van der Waals surface area (Å²) in [5, 5.41) is 14.1. The third-order valence-electron chi connectivity index (χ3n) is 3.09. The molecule has 3 rings (SSSR count). The maximum Gasteiger partial charge on any atom is 0.311 e. The van der Waals surface area contributed by atoms with Crippen molar-refractivity contribution in [1.82, 2.24) is 5.32 Å². The molecular formula is C15H13N3O3. The van der Waals surface area contributed by atoms with E-state index in [0.29, 0.717) is 5.75 Å². The summed E-state index contributed by atoms with van der Waals surface area (Å²) in [4.78, 5) is 14.8. The predicted molar refractivity (Wildman–Crippen MR) is 79.0 cm³/mol. The minimum atomic E-state index is -0.457. The Kier molecular flexibility index (Phi) is 3.51. The van der Waals surface area contributed by atoms with E-state index in [2.05, 4.69) is 10.3 Å². The number of rotatable bonds is 4. The van der Waals surface area contributed by atoms with E-state index in [-0.39, 0.29) is 11.4 Å². The molecule has 1 N–H and O–H groups in total. The number of amidine groups is 1. The van der Waals surface area contributed by atoms with E-state index in [1.54, 1.807) is 30.3 Å². The highest BCUT2D eigenvalue weighted by molar-refractivity contribution is 5.99. The number of ether oxygens (including phenoxy) is 1. The van der Waals surface area contributed by atoms with Gasteiger partial charge in [0, 0.05) is 18.2 Å². The molecule has 1 heterocycles. The first kappa shape index (κ1) is 13.1. The average molecular weight is 283 g/mol. The Morgan fingerprint density at radius 1 is 1.14 bits per heavy atom. The number of hydrogen-bond acceptors (Lipinski definition) is 5. The third-order valence-corrected chi connectivity index (χ3v) is 3.09. The van der Waals surface area contributed by atoms with Crippen molar-refractivity contribution in [3.63, 3.8) is 0 Å². The van der Waals surface area contributed by atoms with Gasteiger partial charge in [-0.3, -0.25) is 15.1 Å². The number of nitro benzene ring substituents is 1. The molecule has 0 aliphatic carbocycles. The number of hydrogen-bond donors (Lipinski definition) is 1. The van der Waals surface area contributed by atoms with Gasteiger partial charge in [0.2, 0.25) is 5.75 Å². The Morgan fingerprint density at radius 3 is 2.57 bits per heavy atom. The van der Waals surface area contributed by atoms with Gasteiger partial charge in [-0.05, 0) is 30.3 Å². The SMILES string of the molecule is O=[N+]([O-])c1ccccc1Oc1ccc(C2=NCCN2)cc1. The molecular weight excluding hydrogens is 270 g/mol. The number of nitrogens with zero attached hydrogens (tertiary/aromatic N) is 2. The summed E-state index contributed by atoms with van der Waals surface area (Å²) in [7, 11) is 0. The Balaban J connectivity index is 1.81. The zero-order chi connectivity index (χ0) is 14.7. The summed E-state index contributed by atoms with van der Waals surface area (Å²) in [6.07, 6.45) is 0. The molecule has 21 heavy (non-hydrogen) atoms. The van der Waals surface area contributed by atoms with Crippen molar-refractivity contribution in [2.75, 3.05) is 13.1 Å². The molecule has 0 fully saturated rings. The topological polar surface area (TPSA) is 76.8 Å². The van der Waals surface area contributed by atoms with E-state index >= 15 is 0 Å². The van der Waals surface area contributed by atoms with Crippen LogP contribution < -0.4 is 10.1 Å². The van der Waals surface area contributed by atoms with Crippen LogP contribution >= 0.6 is 0 Å². The van der Waals surface area contributed by atoms with Gasteiger partial charge in [-0.15, -0.1) is 0 Å². The van der Waals surface area contributed by atoms with Gasteiger partial charge in [0.25, 0.3) is 0 Å². The molecule has 2 aromatic rings. The molecule has 6 nitrogen and oxygen atoms in total. The van der Waals surface area contributed by atoms with E-state index in [9.17, 15) is 10.1 Å². The highest BCUT2D eigenvalue weighted by Crippen LogP contribution is 2.30. The molecule has 0 radical (unpaired) electrons. The van der Waals surface area contributed by atoms with Crippen LogP contribution in [-0.4, -0.2) is 23.8 Å². The van der Waals surface area contributed by atoms with Crippen LogP contribution in [0.3, 0.4) is 0 Å². The second-order valence-corrected chi connectivity index (χ2v) is 4.51. The molecule has 0 spiro atoms. The van der Waals surface area contributed by atoms with Crippen LogP contribution in [0, 0.1) is 10.1 Å². The maximum atomic E-state index is 10.9. The van der Waals surface area contributed by atoms with Gasteiger partial charge in [-0.1, -0.05) is 12.1 Å². The zero-order valence-corrected chi connectivity index (χ0v) is 11.2. The van der Waals surface area contributed by atoms with Gasteiger partial charge in [-0.2, -0.15) is 0 Å². The standard InChI is InChI=1S/C15H13N3O3/c19-18(20)13-3-1-2-4-14(13)21-12-7-5-11(6-8-12)15-16-9-10-17-15/h1-8H,9-10H2,(H,16,17). The lowest BCUT2D eigenvalue weighted by molar-refractivity contribution is -0.385. The van der Waals surface area contributed by atoms with Crippen LogP contribution in [0.4, 0.5) is 5.69 Å². The molecule has 106 valence electrons. The normalized spacial score (nSPS) is 13.4. The van der Waals surface area contributed by atoms with Gasteiger partial charge in [0.1, 0.15) is 11.6 Å². The molecule has 1 aliphatic rings. The van der Waals surface area contributed by atoms with Crippen molar-refractivity contribution >= 4 is 11.5 Å². The predicted octanol–water partition coefficient (Wildman–Crippen LogP) is 2.74. The lowest BCUT2D eigenvalue weighted by atomic mass is 10.2. The largest absolute Gasteiger partial charge is 0.450 e. The summed E-state index contributed by atoms with van der Waals surface area (Å²) < 4.78 is 5.59. The highest BCUT2D eigenvalue weighted by atomic mass is 16.6. The van der Waals surface area contributed by atoms with Crippen LogP contribution in [0.25, 0.3) is 0 Å². The Bertz CT molecular complexity index is 696. The van der Waals surface area contributed by atoms with E-state index in [1.807, 2.05) is 12.1 Å². The van der Waals surface area contributed by atoms with Crippen molar-refractivity contribution in [1.29, 1.82) is 0 Å². The van der Waals surface area contributed by atoms with Crippen molar-refractivity contribution in [2.45, 2.75) is 0 Å². The van der Waals surface area contributed by atoms with Crippen LogP contribution in [-0.2, 0) is 0 Å². The molecule has 0 amide bonds. The Hall–Kier alpha value is -2.89. The van der Waals surface area contributed by atoms with Crippen molar-refractivity contribution in [2.24, 2.45) is 4.99 Å². The number of benzene rings is 2. The first-order chi connectivity index (χ1) is 10.2. The smallest absolute Gasteiger partial charge is 0.311 e. The second-order valence-electron chi connectivity index (χ2n) is 4.51. The Morgan fingerprint density at radius 2 is 1.90 bits per heavy atom. The molecule has 0 atom stereocenters. The van der Waals surface area contributed by atoms with Gasteiger partial charge >= 0.3 is 5.69 Å². The van der Waals surface area contributed by atoms with Crippen molar-refractivity contribution in [3.05, 3.63) is 64.2 Å². The molecule has 6 heteroatoms. The molecule has 0 aromatic heterocycles.